The summed E-state index contributed by atoms with van der Waals surface area (Å²) >= 11 is 1.10. The van der Waals surface area contributed by atoms with Crippen LogP contribution < -0.4 is 16.1 Å². The second-order valence-corrected chi connectivity index (χ2v) is 10.8. The Morgan fingerprint density at radius 2 is 1.76 bits per heavy atom. The third-order valence-electron chi connectivity index (χ3n) is 5.65. The van der Waals surface area contributed by atoms with Gasteiger partial charge in [-0.3, -0.25) is 14.2 Å². The number of hydrogen-bond donors (Lipinski definition) is 2. The van der Waals surface area contributed by atoms with Crippen LogP contribution in [0.2, 0.25) is 0 Å². The third kappa shape index (κ3) is 6.71. The van der Waals surface area contributed by atoms with Crippen molar-refractivity contribution in [2.75, 3.05) is 5.75 Å². The monoisotopic (exact) mass is 553 g/mol. The number of hydrazone groups is 1. The highest BCUT2D eigenvalue weighted by Crippen LogP contribution is 2.19. The zero-order valence-corrected chi connectivity index (χ0v) is 21.9. The minimum atomic E-state index is -3.80. The number of fused-ring (bicyclic) bond motifs is 1. The van der Waals surface area contributed by atoms with Crippen LogP contribution in [0.25, 0.3) is 10.9 Å². The molecule has 3 aromatic carbocycles. The standard InChI is InChI=1S/C26H24FN5O4S2/c1-17(19-8-10-20(27)11-9-19)30-31-24(33)16-37-26-29-23-5-3-2-4-22(23)25(34)32(26)15-14-18-6-12-21(13-7-18)38(28,35)36/h2-13H,14-16H2,1H3,(H,31,33)(H2,28,35,36)/b30-17+. The van der Waals surface area contributed by atoms with Crippen molar-refractivity contribution in [2.45, 2.75) is 29.9 Å². The first-order chi connectivity index (χ1) is 18.1. The summed E-state index contributed by atoms with van der Waals surface area (Å²) in [6, 6.07) is 18.8. The maximum Gasteiger partial charge on any atom is 0.262 e. The minimum absolute atomic E-state index is 0.00497. The molecular weight excluding hydrogens is 529 g/mol. The molecule has 1 aromatic heterocycles. The normalized spacial score (nSPS) is 12.0. The quantitative estimate of drug-likeness (QED) is 0.142. The van der Waals surface area contributed by atoms with Crippen molar-refractivity contribution in [2.24, 2.45) is 10.2 Å². The lowest BCUT2D eigenvalue weighted by atomic mass is 10.1. The Balaban J connectivity index is 1.50. The number of aryl methyl sites for hydroxylation is 1. The van der Waals surface area contributed by atoms with Crippen molar-refractivity contribution in [3.05, 3.63) is 100 Å². The van der Waals surface area contributed by atoms with Crippen LogP contribution in [-0.2, 0) is 27.8 Å². The fourth-order valence-electron chi connectivity index (χ4n) is 3.61. The number of hydrogen-bond acceptors (Lipinski definition) is 7. The Labute approximate surface area is 222 Å². The summed E-state index contributed by atoms with van der Waals surface area (Å²) in [7, 11) is -3.80. The van der Waals surface area contributed by atoms with Gasteiger partial charge in [-0.05, 0) is 60.9 Å². The number of carbonyl (C=O) groups is 1. The van der Waals surface area contributed by atoms with E-state index in [0.29, 0.717) is 33.8 Å². The van der Waals surface area contributed by atoms with E-state index in [1.807, 2.05) is 0 Å². The Morgan fingerprint density at radius 3 is 2.45 bits per heavy atom. The van der Waals surface area contributed by atoms with Gasteiger partial charge < -0.3 is 0 Å². The topological polar surface area (TPSA) is 137 Å². The van der Waals surface area contributed by atoms with E-state index >= 15 is 0 Å². The second-order valence-electron chi connectivity index (χ2n) is 8.34. The molecule has 3 N–H and O–H groups in total. The predicted molar refractivity (Wildman–Crippen MR) is 145 cm³/mol. The highest BCUT2D eigenvalue weighted by atomic mass is 32.2. The van der Waals surface area contributed by atoms with Crippen LogP contribution in [-0.4, -0.2) is 35.3 Å². The van der Waals surface area contributed by atoms with Gasteiger partial charge in [-0.1, -0.05) is 48.2 Å². The zero-order valence-electron chi connectivity index (χ0n) is 20.3. The number of amides is 1. The second kappa shape index (κ2) is 11.7. The molecule has 0 radical (unpaired) electrons. The van der Waals surface area contributed by atoms with Gasteiger partial charge in [0.15, 0.2) is 5.16 Å². The first-order valence-corrected chi connectivity index (χ1v) is 14.0. The highest BCUT2D eigenvalue weighted by molar-refractivity contribution is 7.99. The number of rotatable bonds is 9. The molecule has 1 heterocycles. The number of carbonyl (C=O) groups excluding carboxylic acids is 1. The molecule has 0 unspecified atom stereocenters. The summed E-state index contributed by atoms with van der Waals surface area (Å²) in [5.41, 5.74) is 4.72. The number of halogens is 1. The number of sulfonamides is 1. The maximum atomic E-state index is 13.3. The lowest BCUT2D eigenvalue weighted by molar-refractivity contribution is -0.118. The Hall–Kier alpha value is -3.87. The molecule has 0 saturated heterocycles. The molecule has 9 nitrogen and oxygen atoms in total. The van der Waals surface area contributed by atoms with E-state index in [0.717, 1.165) is 17.3 Å². The molecule has 0 aliphatic carbocycles. The van der Waals surface area contributed by atoms with Gasteiger partial charge in [0.2, 0.25) is 10.0 Å². The Kier molecular flexibility index (Phi) is 8.35. The molecule has 0 aliphatic heterocycles. The van der Waals surface area contributed by atoms with Crippen molar-refractivity contribution in [1.82, 2.24) is 15.0 Å². The van der Waals surface area contributed by atoms with E-state index in [2.05, 4.69) is 15.5 Å². The fourth-order valence-corrected chi connectivity index (χ4v) is 4.94. The van der Waals surface area contributed by atoms with Crippen molar-refractivity contribution in [3.8, 4) is 0 Å². The van der Waals surface area contributed by atoms with Gasteiger partial charge in [-0.2, -0.15) is 5.10 Å². The highest BCUT2D eigenvalue weighted by Gasteiger charge is 2.14. The summed E-state index contributed by atoms with van der Waals surface area (Å²) in [5, 5.41) is 10.0. The number of nitrogens with two attached hydrogens (primary N) is 1. The van der Waals surface area contributed by atoms with Crippen LogP contribution in [0.1, 0.15) is 18.1 Å². The van der Waals surface area contributed by atoms with Crippen molar-refractivity contribution >= 4 is 44.3 Å². The van der Waals surface area contributed by atoms with Crippen LogP contribution in [0.15, 0.2) is 92.7 Å². The van der Waals surface area contributed by atoms with Crippen molar-refractivity contribution < 1.29 is 17.6 Å². The maximum absolute atomic E-state index is 13.3. The molecular formula is C26H24FN5O4S2. The van der Waals surface area contributed by atoms with Gasteiger partial charge in [0.25, 0.3) is 11.5 Å². The first kappa shape index (κ1) is 27.2. The number of primary sulfonamides is 1. The minimum Gasteiger partial charge on any atom is -0.287 e. The molecule has 196 valence electrons. The van der Waals surface area contributed by atoms with Gasteiger partial charge in [0.1, 0.15) is 5.82 Å². The molecule has 0 fully saturated rings. The molecule has 1 amide bonds. The molecule has 0 bridgehead atoms. The SMILES string of the molecule is C/C(=N\NC(=O)CSc1nc2ccccc2c(=O)n1CCc1ccc(S(N)(=O)=O)cc1)c1ccc(F)cc1. The van der Waals surface area contributed by atoms with Gasteiger partial charge >= 0.3 is 0 Å². The smallest absolute Gasteiger partial charge is 0.262 e. The van der Waals surface area contributed by atoms with E-state index < -0.39 is 15.9 Å². The summed E-state index contributed by atoms with van der Waals surface area (Å²) in [6.07, 6.45) is 0.422. The molecule has 4 rings (SSSR count). The zero-order chi connectivity index (χ0) is 27.3. The lowest BCUT2D eigenvalue weighted by Gasteiger charge is -2.13. The largest absolute Gasteiger partial charge is 0.287 e. The number of benzene rings is 3. The summed E-state index contributed by atoms with van der Waals surface area (Å²) in [6.45, 7) is 1.95. The van der Waals surface area contributed by atoms with Gasteiger partial charge in [0, 0.05) is 6.54 Å². The third-order valence-corrected chi connectivity index (χ3v) is 7.55. The molecule has 0 spiro atoms. The fraction of sp³-hybridized carbons (Fsp3) is 0.154. The average Bonchev–Trinajstić information content (AvgIpc) is 2.90. The number of thioether (sulfide) groups is 1. The van der Waals surface area contributed by atoms with E-state index in [-0.39, 0.29) is 28.6 Å². The van der Waals surface area contributed by atoms with E-state index in [1.54, 1.807) is 55.5 Å². The van der Waals surface area contributed by atoms with Gasteiger partial charge in [-0.25, -0.2) is 28.4 Å². The van der Waals surface area contributed by atoms with Crippen molar-refractivity contribution in [1.29, 1.82) is 0 Å². The summed E-state index contributed by atoms with van der Waals surface area (Å²) in [5.74, 6) is -0.811. The Morgan fingerprint density at radius 1 is 1.08 bits per heavy atom. The van der Waals surface area contributed by atoms with E-state index in [9.17, 15) is 22.4 Å². The number of nitrogens with zero attached hydrogens (tertiary/aromatic N) is 3. The lowest BCUT2D eigenvalue weighted by Crippen LogP contribution is -2.26. The molecule has 12 heteroatoms. The predicted octanol–water partition coefficient (Wildman–Crippen LogP) is 3.06. The van der Waals surface area contributed by atoms with Crippen LogP contribution in [0.5, 0.6) is 0 Å². The van der Waals surface area contributed by atoms with Gasteiger partial charge in [0.05, 0.1) is 27.3 Å². The van der Waals surface area contributed by atoms with Crippen LogP contribution in [0.4, 0.5) is 4.39 Å². The van der Waals surface area contributed by atoms with E-state index in [4.69, 9.17) is 5.14 Å². The van der Waals surface area contributed by atoms with E-state index in [1.165, 1.54) is 28.8 Å². The Bertz CT molecular complexity index is 1670. The number of para-hydroxylation sites is 1. The molecule has 0 aliphatic rings. The summed E-state index contributed by atoms with van der Waals surface area (Å²) in [4.78, 5) is 30.3. The number of aromatic nitrogens is 2. The summed E-state index contributed by atoms with van der Waals surface area (Å²) < 4.78 is 37.6. The molecule has 38 heavy (non-hydrogen) atoms. The first-order valence-electron chi connectivity index (χ1n) is 11.4. The van der Waals surface area contributed by atoms with Crippen LogP contribution in [0, 0.1) is 5.82 Å². The average molecular weight is 554 g/mol. The number of nitrogens with one attached hydrogen (secondary N) is 1. The molecule has 4 aromatic rings. The van der Waals surface area contributed by atoms with Gasteiger partial charge in [-0.15, -0.1) is 0 Å². The van der Waals surface area contributed by atoms with Crippen LogP contribution >= 0.6 is 11.8 Å². The van der Waals surface area contributed by atoms with Crippen LogP contribution in [0.3, 0.4) is 0 Å². The molecule has 0 atom stereocenters. The molecule has 0 saturated carbocycles. The van der Waals surface area contributed by atoms with Crippen molar-refractivity contribution in [3.63, 3.8) is 0 Å².